The van der Waals surface area contributed by atoms with Gasteiger partial charge in [0.2, 0.25) is 0 Å². The molecule has 136 valence electrons. The van der Waals surface area contributed by atoms with Crippen LogP contribution in [0.5, 0.6) is 0 Å². The van der Waals surface area contributed by atoms with Crippen molar-refractivity contribution >= 4 is 15.7 Å². The van der Waals surface area contributed by atoms with Crippen LogP contribution in [0.1, 0.15) is 23.7 Å². The highest BCUT2D eigenvalue weighted by Crippen LogP contribution is 2.31. The van der Waals surface area contributed by atoms with Crippen LogP contribution in [-0.2, 0) is 10.0 Å². The predicted molar refractivity (Wildman–Crippen MR) is 103 cm³/mol. The van der Waals surface area contributed by atoms with Gasteiger partial charge in [-0.25, -0.2) is 8.42 Å². The van der Waals surface area contributed by atoms with Crippen molar-refractivity contribution in [2.75, 3.05) is 10.8 Å². The third kappa shape index (κ3) is 3.12. The van der Waals surface area contributed by atoms with E-state index in [4.69, 9.17) is 4.52 Å². The van der Waals surface area contributed by atoms with Crippen molar-refractivity contribution in [2.24, 2.45) is 0 Å². The molecule has 0 amide bonds. The number of aromatic nitrogens is 1. The number of hydrogen-bond acceptors (Lipinski definition) is 4. The molecule has 3 aromatic rings. The quantitative estimate of drug-likeness (QED) is 0.664. The molecule has 0 bridgehead atoms. The molecule has 0 radical (unpaired) electrons. The monoisotopic (exact) mass is 370 g/mol. The second kappa shape index (κ2) is 6.96. The number of sulfonamides is 1. The highest BCUT2D eigenvalue weighted by Gasteiger charge is 2.26. The van der Waals surface area contributed by atoms with Crippen LogP contribution in [-0.4, -0.2) is 20.1 Å². The summed E-state index contributed by atoms with van der Waals surface area (Å²) in [6.07, 6.45) is 0. The van der Waals surface area contributed by atoms with E-state index in [1.807, 2.05) is 45.0 Å². The first-order valence-corrected chi connectivity index (χ1v) is 9.92. The average molecular weight is 370 g/mol. The molecule has 0 aliphatic carbocycles. The van der Waals surface area contributed by atoms with E-state index in [0.717, 1.165) is 11.3 Å². The van der Waals surface area contributed by atoms with Crippen LogP contribution in [0.2, 0.25) is 0 Å². The minimum absolute atomic E-state index is 0.272. The number of aryl methyl sites for hydroxylation is 2. The average Bonchev–Trinajstić information content (AvgIpc) is 2.96. The first-order chi connectivity index (χ1) is 12.4. The van der Waals surface area contributed by atoms with Crippen LogP contribution in [0.25, 0.3) is 11.3 Å². The van der Waals surface area contributed by atoms with Crippen molar-refractivity contribution in [3.63, 3.8) is 0 Å². The summed E-state index contributed by atoms with van der Waals surface area (Å²) in [6, 6.07) is 14.5. The van der Waals surface area contributed by atoms with Gasteiger partial charge in [0.1, 0.15) is 0 Å². The van der Waals surface area contributed by atoms with E-state index >= 15 is 0 Å². The van der Waals surface area contributed by atoms with Gasteiger partial charge in [-0.15, -0.1) is 0 Å². The van der Waals surface area contributed by atoms with E-state index in [-0.39, 0.29) is 4.90 Å². The largest absolute Gasteiger partial charge is 0.356 e. The topological polar surface area (TPSA) is 63.4 Å². The van der Waals surface area contributed by atoms with Crippen molar-refractivity contribution in [2.45, 2.75) is 32.6 Å². The molecule has 0 unspecified atom stereocenters. The number of anilines is 1. The second-order valence-corrected chi connectivity index (χ2v) is 8.04. The minimum atomic E-state index is -3.70. The van der Waals surface area contributed by atoms with Crippen molar-refractivity contribution in [3.8, 4) is 11.3 Å². The zero-order valence-electron chi connectivity index (χ0n) is 15.4. The third-order valence-electron chi connectivity index (χ3n) is 4.51. The SMILES string of the molecule is CCN(c1ccccc1)S(=O)(=O)c1cc(-c2onc(C)c2C)ccc1C. The Kier molecular flexibility index (Phi) is 4.87. The zero-order chi connectivity index (χ0) is 18.9. The zero-order valence-corrected chi connectivity index (χ0v) is 16.2. The summed E-state index contributed by atoms with van der Waals surface area (Å²) in [6.45, 7) is 7.75. The van der Waals surface area contributed by atoms with E-state index in [9.17, 15) is 8.42 Å². The molecule has 6 heteroatoms. The molecular formula is C20H22N2O3S. The molecule has 3 rings (SSSR count). The smallest absolute Gasteiger partial charge is 0.264 e. The Hall–Kier alpha value is -2.60. The standard InChI is InChI=1S/C20H22N2O3S/c1-5-22(18-9-7-6-8-10-18)26(23,24)19-13-17(12-11-14(19)2)20-15(3)16(4)21-25-20/h6-13H,5H2,1-4H3. The summed E-state index contributed by atoms with van der Waals surface area (Å²) < 4.78 is 33.5. The molecule has 0 N–H and O–H groups in total. The van der Waals surface area contributed by atoms with Crippen LogP contribution < -0.4 is 4.31 Å². The van der Waals surface area contributed by atoms with Crippen LogP contribution in [0.3, 0.4) is 0 Å². The number of para-hydroxylation sites is 1. The fraction of sp³-hybridized carbons (Fsp3) is 0.250. The number of benzene rings is 2. The third-order valence-corrected chi connectivity index (χ3v) is 6.55. The lowest BCUT2D eigenvalue weighted by molar-refractivity contribution is 0.426. The van der Waals surface area contributed by atoms with E-state index in [2.05, 4.69) is 5.16 Å². The molecule has 0 spiro atoms. The predicted octanol–water partition coefficient (Wildman–Crippen LogP) is 4.48. The van der Waals surface area contributed by atoms with Crippen LogP contribution in [0.4, 0.5) is 5.69 Å². The first kappa shape index (κ1) is 18.2. The van der Waals surface area contributed by atoms with Gasteiger partial charge < -0.3 is 4.52 Å². The Morgan fingerprint density at radius 1 is 1.04 bits per heavy atom. The molecule has 0 atom stereocenters. The summed E-state index contributed by atoms with van der Waals surface area (Å²) in [5.74, 6) is 0.599. The summed E-state index contributed by atoms with van der Waals surface area (Å²) in [7, 11) is -3.70. The van der Waals surface area contributed by atoms with E-state index in [1.165, 1.54) is 4.31 Å². The Balaban J connectivity index is 2.13. The Labute approximate surface area is 154 Å². The minimum Gasteiger partial charge on any atom is -0.356 e. The maximum Gasteiger partial charge on any atom is 0.264 e. The van der Waals surface area contributed by atoms with Gasteiger partial charge in [-0.1, -0.05) is 35.5 Å². The highest BCUT2D eigenvalue weighted by atomic mass is 32.2. The van der Waals surface area contributed by atoms with Gasteiger partial charge >= 0.3 is 0 Å². The highest BCUT2D eigenvalue weighted by molar-refractivity contribution is 7.92. The fourth-order valence-electron chi connectivity index (χ4n) is 2.91. The number of nitrogens with zero attached hydrogens (tertiary/aromatic N) is 2. The number of hydrogen-bond donors (Lipinski definition) is 0. The van der Waals surface area contributed by atoms with Gasteiger partial charge in [0.05, 0.1) is 16.3 Å². The fourth-order valence-corrected chi connectivity index (χ4v) is 4.64. The molecule has 0 saturated carbocycles. The van der Waals surface area contributed by atoms with Gasteiger partial charge in [0.15, 0.2) is 5.76 Å². The van der Waals surface area contributed by atoms with Gasteiger partial charge in [-0.3, -0.25) is 4.31 Å². The van der Waals surface area contributed by atoms with Crippen LogP contribution >= 0.6 is 0 Å². The Bertz CT molecular complexity index is 1020. The van der Waals surface area contributed by atoms with Gasteiger partial charge in [0.25, 0.3) is 10.0 Å². The molecule has 0 aliphatic heterocycles. The molecule has 0 aliphatic rings. The van der Waals surface area contributed by atoms with Crippen LogP contribution in [0, 0.1) is 20.8 Å². The lowest BCUT2D eigenvalue weighted by Crippen LogP contribution is -2.31. The molecule has 2 aromatic carbocycles. The molecule has 1 aromatic heterocycles. The second-order valence-electron chi connectivity index (χ2n) is 6.21. The normalized spacial score (nSPS) is 11.5. The van der Waals surface area contributed by atoms with Gasteiger partial charge in [-0.2, -0.15) is 0 Å². The molecule has 1 heterocycles. The molecule has 0 fully saturated rings. The first-order valence-electron chi connectivity index (χ1n) is 8.48. The lowest BCUT2D eigenvalue weighted by Gasteiger charge is -2.24. The van der Waals surface area contributed by atoms with E-state index in [0.29, 0.717) is 29.1 Å². The molecule has 5 nitrogen and oxygen atoms in total. The maximum atomic E-state index is 13.3. The molecule has 26 heavy (non-hydrogen) atoms. The summed E-state index contributed by atoms with van der Waals surface area (Å²) in [4.78, 5) is 0.272. The lowest BCUT2D eigenvalue weighted by atomic mass is 10.1. The van der Waals surface area contributed by atoms with Crippen molar-refractivity contribution in [1.29, 1.82) is 0 Å². The van der Waals surface area contributed by atoms with Crippen molar-refractivity contribution in [3.05, 3.63) is 65.4 Å². The van der Waals surface area contributed by atoms with Gasteiger partial charge in [-0.05, 0) is 51.5 Å². The van der Waals surface area contributed by atoms with Gasteiger partial charge in [0, 0.05) is 17.7 Å². The van der Waals surface area contributed by atoms with Crippen molar-refractivity contribution < 1.29 is 12.9 Å². The Morgan fingerprint density at radius 3 is 2.31 bits per heavy atom. The summed E-state index contributed by atoms with van der Waals surface area (Å²) in [5.41, 5.74) is 3.75. The molecular weight excluding hydrogens is 348 g/mol. The number of rotatable bonds is 5. The molecule has 0 saturated heterocycles. The van der Waals surface area contributed by atoms with Crippen LogP contribution in [0.15, 0.2) is 57.9 Å². The summed E-state index contributed by atoms with van der Waals surface area (Å²) >= 11 is 0. The maximum absolute atomic E-state index is 13.3. The van der Waals surface area contributed by atoms with E-state index < -0.39 is 10.0 Å². The summed E-state index contributed by atoms with van der Waals surface area (Å²) in [5, 5.41) is 3.97. The Morgan fingerprint density at radius 2 is 1.73 bits per heavy atom. The van der Waals surface area contributed by atoms with E-state index in [1.54, 1.807) is 31.2 Å². The van der Waals surface area contributed by atoms with Crippen molar-refractivity contribution in [1.82, 2.24) is 5.16 Å².